The van der Waals surface area contributed by atoms with Crippen LogP contribution in [0, 0.1) is 17.1 Å². The fourth-order valence-electron chi connectivity index (χ4n) is 2.79. The van der Waals surface area contributed by atoms with Gasteiger partial charge in [-0.3, -0.25) is 0 Å². The van der Waals surface area contributed by atoms with E-state index in [2.05, 4.69) is 9.97 Å². The number of anilines is 1. The number of nitrogens with two attached hydrogens (primary N) is 1. The van der Waals surface area contributed by atoms with Gasteiger partial charge in [-0.05, 0) is 47.9 Å². The van der Waals surface area contributed by atoms with Crippen molar-refractivity contribution in [1.29, 1.82) is 5.26 Å². The number of nitrogen functional groups attached to an aromatic ring is 1. The first kappa shape index (κ1) is 16.5. The average Bonchev–Trinajstić information content (AvgIpc) is 3.07. The summed E-state index contributed by atoms with van der Waals surface area (Å²) in [6.45, 7) is 0. The molecule has 2 aromatic carbocycles. The Labute approximate surface area is 144 Å². The van der Waals surface area contributed by atoms with Gasteiger partial charge in [0.05, 0.1) is 24.9 Å². The molecule has 0 spiro atoms. The molecule has 0 fully saturated rings. The summed E-state index contributed by atoms with van der Waals surface area (Å²) in [5.41, 5.74) is 8.34. The van der Waals surface area contributed by atoms with E-state index >= 15 is 0 Å². The third-order valence-electron chi connectivity index (χ3n) is 4.11. The maximum absolute atomic E-state index is 14.2. The molecule has 0 aliphatic heterocycles. The summed E-state index contributed by atoms with van der Waals surface area (Å²) in [7, 11) is 1.60. The number of nitriles is 1. The molecule has 25 heavy (non-hydrogen) atoms. The number of methoxy groups -OCH3 is 1. The van der Waals surface area contributed by atoms with Gasteiger partial charge in [0, 0.05) is 11.6 Å². The minimum Gasteiger partial charge on any atom is -0.497 e. The molecule has 3 aromatic rings. The van der Waals surface area contributed by atoms with Crippen LogP contribution < -0.4 is 10.5 Å². The molecule has 0 radical (unpaired) electrons. The molecular weight excluding hydrogens is 319 g/mol. The topological polar surface area (TPSA) is 87.7 Å². The van der Waals surface area contributed by atoms with E-state index in [4.69, 9.17) is 15.7 Å². The number of halogens is 1. The number of benzene rings is 2. The average molecular weight is 336 g/mol. The number of rotatable bonds is 5. The van der Waals surface area contributed by atoms with Gasteiger partial charge in [-0.1, -0.05) is 12.1 Å². The van der Waals surface area contributed by atoms with Crippen molar-refractivity contribution < 1.29 is 9.13 Å². The number of ether oxygens (including phenoxy) is 1. The molecule has 6 heteroatoms. The van der Waals surface area contributed by atoms with Gasteiger partial charge in [0.1, 0.15) is 11.6 Å². The van der Waals surface area contributed by atoms with Crippen LogP contribution in [0.3, 0.4) is 0 Å². The molecule has 3 N–H and O–H groups in total. The van der Waals surface area contributed by atoms with Crippen LogP contribution in [-0.4, -0.2) is 17.1 Å². The van der Waals surface area contributed by atoms with Crippen molar-refractivity contribution in [1.82, 2.24) is 9.97 Å². The number of hydrogen-bond donors (Lipinski definition) is 2. The number of hydrogen-bond acceptors (Lipinski definition) is 4. The van der Waals surface area contributed by atoms with Crippen molar-refractivity contribution in [3.63, 3.8) is 0 Å². The number of imidazole rings is 1. The highest BCUT2D eigenvalue weighted by Gasteiger charge is 2.19. The van der Waals surface area contributed by atoms with E-state index in [0.29, 0.717) is 23.5 Å². The first-order chi connectivity index (χ1) is 12.1. The lowest BCUT2D eigenvalue weighted by atomic mass is 9.89. The van der Waals surface area contributed by atoms with Gasteiger partial charge < -0.3 is 15.5 Å². The van der Waals surface area contributed by atoms with Crippen LogP contribution >= 0.6 is 0 Å². The molecule has 0 aliphatic carbocycles. The quantitative estimate of drug-likeness (QED) is 0.747. The summed E-state index contributed by atoms with van der Waals surface area (Å²) in [6, 6.07) is 14.0. The van der Waals surface area contributed by atoms with Crippen LogP contribution in [0.15, 0.2) is 48.7 Å². The van der Waals surface area contributed by atoms with Gasteiger partial charge in [0.25, 0.3) is 0 Å². The Morgan fingerprint density at radius 2 is 2.04 bits per heavy atom. The second kappa shape index (κ2) is 7.05. The zero-order chi connectivity index (χ0) is 17.8. The van der Waals surface area contributed by atoms with Crippen LogP contribution in [0.25, 0.3) is 0 Å². The highest BCUT2D eigenvalue weighted by Crippen LogP contribution is 2.30. The molecular formula is C19H17FN4O. The molecule has 3 rings (SSSR count). The number of H-pyrrole nitrogens is 1. The first-order valence-corrected chi connectivity index (χ1v) is 7.73. The second-order valence-electron chi connectivity index (χ2n) is 5.67. The molecule has 0 bridgehead atoms. The van der Waals surface area contributed by atoms with Gasteiger partial charge in [-0.15, -0.1) is 0 Å². The Kier molecular flexibility index (Phi) is 4.66. The van der Waals surface area contributed by atoms with Crippen molar-refractivity contribution in [2.75, 3.05) is 12.8 Å². The summed E-state index contributed by atoms with van der Waals surface area (Å²) < 4.78 is 19.4. The van der Waals surface area contributed by atoms with Gasteiger partial charge in [0.2, 0.25) is 0 Å². The number of nitrogens with zero attached hydrogens (tertiary/aromatic N) is 2. The lowest BCUT2D eigenvalue weighted by molar-refractivity contribution is 0.414. The standard InChI is InChI=1S/C19H17FN4O/c1-25-15-5-3-13(4-6-15)16(18-11-23-19(22)24-18)9-14-8-12(10-21)2-7-17(14)20/h2-8,11,16H,9H2,1H3,(H3,22,23,24). The second-order valence-corrected chi connectivity index (χ2v) is 5.67. The molecule has 0 saturated carbocycles. The van der Waals surface area contributed by atoms with Crippen molar-refractivity contribution in [2.45, 2.75) is 12.3 Å². The lowest BCUT2D eigenvalue weighted by Crippen LogP contribution is -2.08. The van der Waals surface area contributed by atoms with Crippen LogP contribution in [-0.2, 0) is 6.42 Å². The maximum atomic E-state index is 14.2. The van der Waals surface area contributed by atoms with Gasteiger partial charge in [-0.25, -0.2) is 9.37 Å². The van der Waals surface area contributed by atoms with Crippen molar-refractivity contribution >= 4 is 5.95 Å². The van der Waals surface area contributed by atoms with E-state index < -0.39 is 0 Å². The molecule has 0 saturated heterocycles. The monoisotopic (exact) mass is 336 g/mol. The number of nitrogens with one attached hydrogen (secondary N) is 1. The molecule has 126 valence electrons. The Bertz CT molecular complexity index is 912. The van der Waals surface area contributed by atoms with E-state index in [1.165, 1.54) is 12.1 Å². The van der Waals surface area contributed by atoms with Crippen molar-refractivity contribution in [3.05, 3.63) is 76.9 Å². The van der Waals surface area contributed by atoms with Crippen molar-refractivity contribution in [3.8, 4) is 11.8 Å². The highest BCUT2D eigenvalue weighted by atomic mass is 19.1. The normalized spacial score (nSPS) is 11.7. The minimum absolute atomic E-state index is 0.181. The molecule has 0 aliphatic rings. The Balaban J connectivity index is 2.01. The zero-order valence-corrected chi connectivity index (χ0v) is 13.7. The van der Waals surface area contributed by atoms with Gasteiger partial charge >= 0.3 is 0 Å². The highest BCUT2D eigenvalue weighted by molar-refractivity contribution is 5.39. The Morgan fingerprint density at radius 1 is 1.28 bits per heavy atom. The third-order valence-corrected chi connectivity index (χ3v) is 4.11. The fraction of sp³-hybridized carbons (Fsp3) is 0.158. The molecule has 1 aromatic heterocycles. The smallest absolute Gasteiger partial charge is 0.197 e. The zero-order valence-electron chi connectivity index (χ0n) is 13.7. The van der Waals surface area contributed by atoms with Crippen LogP contribution in [0.1, 0.15) is 28.3 Å². The largest absolute Gasteiger partial charge is 0.497 e. The van der Waals surface area contributed by atoms with Crippen molar-refractivity contribution in [2.24, 2.45) is 0 Å². The SMILES string of the molecule is COc1ccc(C(Cc2cc(C#N)ccc2F)c2cnc(N)[nH]2)cc1. The molecule has 1 unspecified atom stereocenters. The predicted molar refractivity (Wildman–Crippen MR) is 92.7 cm³/mol. The van der Waals surface area contributed by atoms with Gasteiger partial charge in [0.15, 0.2) is 5.95 Å². The first-order valence-electron chi connectivity index (χ1n) is 7.73. The Hall–Kier alpha value is -3.33. The Morgan fingerprint density at radius 3 is 2.64 bits per heavy atom. The summed E-state index contributed by atoms with van der Waals surface area (Å²) in [4.78, 5) is 7.07. The molecule has 1 atom stereocenters. The summed E-state index contributed by atoms with van der Waals surface area (Å²) in [5, 5.41) is 9.06. The lowest BCUT2D eigenvalue weighted by Gasteiger charge is -2.17. The molecule has 1 heterocycles. The van der Waals surface area contributed by atoms with E-state index in [1.54, 1.807) is 19.4 Å². The fourth-order valence-corrected chi connectivity index (χ4v) is 2.79. The molecule has 5 nitrogen and oxygen atoms in total. The number of aromatic nitrogens is 2. The van der Waals surface area contributed by atoms with Crippen LogP contribution in [0.5, 0.6) is 5.75 Å². The maximum Gasteiger partial charge on any atom is 0.197 e. The summed E-state index contributed by atoms with van der Waals surface area (Å²) >= 11 is 0. The summed E-state index contributed by atoms with van der Waals surface area (Å²) in [6.07, 6.45) is 2.02. The summed E-state index contributed by atoms with van der Waals surface area (Å²) in [5.74, 6) is 0.521. The third kappa shape index (κ3) is 3.61. The van der Waals surface area contributed by atoms with E-state index in [9.17, 15) is 4.39 Å². The van der Waals surface area contributed by atoms with Crippen LogP contribution in [0.4, 0.5) is 10.3 Å². The van der Waals surface area contributed by atoms with E-state index in [0.717, 1.165) is 17.0 Å². The predicted octanol–water partition coefficient (Wildman–Crippen LogP) is 3.39. The van der Waals surface area contributed by atoms with Crippen LogP contribution in [0.2, 0.25) is 0 Å². The van der Waals surface area contributed by atoms with E-state index in [1.807, 2.05) is 30.3 Å². The van der Waals surface area contributed by atoms with E-state index in [-0.39, 0.29) is 11.7 Å². The molecule has 0 amide bonds. The number of aromatic amines is 1. The van der Waals surface area contributed by atoms with Gasteiger partial charge in [-0.2, -0.15) is 5.26 Å². The minimum atomic E-state index is -0.343.